The Morgan fingerprint density at radius 3 is 2.45 bits per heavy atom. The van der Waals surface area contributed by atoms with E-state index in [1.807, 2.05) is 4.72 Å². The lowest BCUT2D eigenvalue weighted by Gasteiger charge is -2.09. The highest BCUT2D eigenvalue weighted by Crippen LogP contribution is 2.36. The summed E-state index contributed by atoms with van der Waals surface area (Å²) in [6.07, 6.45) is 0. The molecule has 108 valence electrons. The van der Waals surface area contributed by atoms with Crippen molar-refractivity contribution in [3.8, 4) is 0 Å². The molecular weight excluding hydrogens is 353 g/mol. The van der Waals surface area contributed by atoms with E-state index in [-0.39, 0.29) is 14.3 Å². The number of sulfonamides is 1. The molecule has 3 N–H and O–H groups in total. The number of anilines is 2. The SMILES string of the molecule is Nc1c(F)ccc(NS(=O)(=O)c2scc(Cl)c2Cl)c1F. The van der Waals surface area contributed by atoms with Crippen LogP contribution in [0.3, 0.4) is 0 Å². The van der Waals surface area contributed by atoms with Crippen LogP contribution in [0.2, 0.25) is 10.0 Å². The van der Waals surface area contributed by atoms with E-state index in [4.69, 9.17) is 28.9 Å². The average Bonchev–Trinajstić information content (AvgIpc) is 2.71. The fourth-order valence-corrected chi connectivity index (χ4v) is 4.43. The zero-order valence-corrected chi connectivity index (χ0v) is 12.6. The number of nitrogens with one attached hydrogen (secondary N) is 1. The Balaban J connectivity index is 2.44. The van der Waals surface area contributed by atoms with E-state index in [0.29, 0.717) is 0 Å². The molecule has 0 atom stereocenters. The van der Waals surface area contributed by atoms with Gasteiger partial charge in [-0.3, -0.25) is 4.72 Å². The van der Waals surface area contributed by atoms with E-state index in [1.54, 1.807) is 0 Å². The van der Waals surface area contributed by atoms with Crippen LogP contribution in [0.25, 0.3) is 0 Å². The lowest BCUT2D eigenvalue weighted by Crippen LogP contribution is -2.14. The Labute approximate surface area is 127 Å². The maximum atomic E-state index is 13.7. The van der Waals surface area contributed by atoms with Crippen molar-refractivity contribution >= 4 is 55.9 Å². The van der Waals surface area contributed by atoms with Crippen LogP contribution in [0.4, 0.5) is 20.2 Å². The standard InChI is InChI=1S/C10H6Cl2F2N2O2S2/c11-4-3-19-10(7(4)12)20(17,18)16-6-2-1-5(13)9(15)8(6)14/h1-3,16H,15H2. The highest BCUT2D eigenvalue weighted by Gasteiger charge is 2.24. The van der Waals surface area contributed by atoms with Crippen molar-refractivity contribution < 1.29 is 17.2 Å². The molecule has 0 bridgehead atoms. The molecule has 10 heteroatoms. The van der Waals surface area contributed by atoms with Crippen LogP contribution in [-0.2, 0) is 10.0 Å². The fraction of sp³-hybridized carbons (Fsp3) is 0. The second-order valence-electron chi connectivity index (χ2n) is 3.61. The van der Waals surface area contributed by atoms with Crippen molar-refractivity contribution in [1.29, 1.82) is 0 Å². The smallest absolute Gasteiger partial charge is 0.273 e. The number of rotatable bonds is 3. The quantitative estimate of drug-likeness (QED) is 0.821. The van der Waals surface area contributed by atoms with Crippen LogP contribution in [0, 0.1) is 11.6 Å². The Hall–Kier alpha value is -1.09. The largest absolute Gasteiger partial charge is 0.394 e. The van der Waals surface area contributed by atoms with Gasteiger partial charge in [-0.2, -0.15) is 0 Å². The molecule has 4 nitrogen and oxygen atoms in total. The van der Waals surface area contributed by atoms with Crippen LogP contribution in [0.5, 0.6) is 0 Å². The van der Waals surface area contributed by atoms with Gasteiger partial charge in [0.1, 0.15) is 11.5 Å². The summed E-state index contributed by atoms with van der Waals surface area (Å²) in [7, 11) is -4.14. The first-order chi connectivity index (χ1) is 9.24. The van der Waals surface area contributed by atoms with E-state index < -0.39 is 33.0 Å². The molecule has 1 heterocycles. The number of nitrogen functional groups attached to an aromatic ring is 1. The fourth-order valence-electron chi connectivity index (χ4n) is 1.33. The second-order valence-corrected chi connectivity index (χ2v) is 7.16. The summed E-state index contributed by atoms with van der Waals surface area (Å²) >= 11 is 12.2. The highest BCUT2D eigenvalue weighted by atomic mass is 35.5. The predicted molar refractivity (Wildman–Crippen MR) is 75.9 cm³/mol. The van der Waals surface area contributed by atoms with Gasteiger partial charge < -0.3 is 5.73 Å². The molecule has 2 aromatic rings. The van der Waals surface area contributed by atoms with Gasteiger partial charge in [0.05, 0.1) is 15.7 Å². The van der Waals surface area contributed by atoms with Gasteiger partial charge in [0.2, 0.25) is 0 Å². The molecule has 0 saturated heterocycles. The van der Waals surface area contributed by atoms with Crippen LogP contribution in [0.15, 0.2) is 21.7 Å². The van der Waals surface area contributed by atoms with Gasteiger partial charge in [-0.05, 0) is 12.1 Å². The summed E-state index contributed by atoms with van der Waals surface area (Å²) in [4.78, 5) is 0. The lowest BCUT2D eigenvalue weighted by molar-refractivity contribution is 0.590. The molecule has 0 unspecified atom stereocenters. The van der Waals surface area contributed by atoms with Crippen molar-refractivity contribution in [2.24, 2.45) is 0 Å². The van der Waals surface area contributed by atoms with Gasteiger partial charge in [-0.15, -0.1) is 11.3 Å². The van der Waals surface area contributed by atoms with Gasteiger partial charge in [0, 0.05) is 5.38 Å². The first-order valence-electron chi connectivity index (χ1n) is 4.93. The molecule has 0 spiro atoms. The van der Waals surface area contributed by atoms with Crippen molar-refractivity contribution in [2.75, 3.05) is 10.5 Å². The number of hydrogen-bond donors (Lipinski definition) is 2. The Morgan fingerprint density at radius 2 is 1.90 bits per heavy atom. The summed E-state index contributed by atoms with van der Waals surface area (Å²) in [5.74, 6) is -2.19. The van der Waals surface area contributed by atoms with Crippen LogP contribution in [0.1, 0.15) is 0 Å². The molecule has 20 heavy (non-hydrogen) atoms. The van der Waals surface area contributed by atoms with Crippen LogP contribution >= 0.6 is 34.5 Å². The molecule has 1 aromatic carbocycles. The van der Waals surface area contributed by atoms with E-state index in [2.05, 4.69) is 0 Å². The van der Waals surface area contributed by atoms with Crippen LogP contribution in [-0.4, -0.2) is 8.42 Å². The summed E-state index contributed by atoms with van der Waals surface area (Å²) < 4.78 is 52.4. The van der Waals surface area contributed by atoms with E-state index in [1.165, 1.54) is 5.38 Å². The molecule has 1 aromatic heterocycles. The molecule has 0 radical (unpaired) electrons. The predicted octanol–water partition coefficient (Wildman–Crippen LogP) is 3.72. The van der Waals surface area contributed by atoms with Crippen molar-refractivity contribution in [2.45, 2.75) is 4.21 Å². The van der Waals surface area contributed by atoms with Gasteiger partial charge >= 0.3 is 0 Å². The third kappa shape index (κ3) is 2.69. The van der Waals surface area contributed by atoms with Crippen molar-refractivity contribution in [1.82, 2.24) is 0 Å². The molecule has 0 amide bonds. The molecular formula is C10H6Cl2F2N2O2S2. The number of hydrogen-bond acceptors (Lipinski definition) is 4. The van der Waals surface area contributed by atoms with Gasteiger partial charge in [0.25, 0.3) is 10.0 Å². The average molecular weight is 359 g/mol. The molecule has 0 aliphatic heterocycles. The highest BCUT2D eigenvalue weighted by molar-refractivity contribution is 7.94. The Kier molecular flexibility index (Phi) is 4.10. The minimum absolute atomic E-state index is 0.0659. The van der Waals surface area contributed by atoms with E-state index in [0.717, 1.165) is 23.5 Å². The third-order valence-electron chi connectivity index (χ3n) is 2.27. The molecule has 0 fully saturated rings. The zero-order chi connectivity index (χ0) is 15.1. The maximum absolute atomic E-state index is 13.7. The number of benzene rings is 1. The topological polar surface area (TPSA) is 72.2 Å². The summed E-state index contributed by atoms with van der Waals surface area (Å²) in [5.41, 5.74) is 3.89. The number of halogens is 4. The lowest BCUT2D eigenvalue weighted by atomic mass is 10.2. The van der Waals surface area contributed by atoms with Gasteiger partial charge in [-0.25, -0.2) is 17.2 Å². The number of thiophene rings is 1. The first kappa shape index (κ1) is 15.3. The van der Waals surface area contributed by atoms with Crippen molar-refractivity contribution in [3.05, 3.63) is 39.2 Å². The normalized spacial score (nSPS) is 11.6. The third-order valence-corrected chi connectivity index (χ3v) is 6.31. The zero-order valence-electron chi connectivity index (χ0n) is 9.45. The summed E-state index contributed by atoms with van der Waals surface area (Å²) in [6.45, 7) is 0. The summed E-state index contributed by atoms with van der Waals surface area (Å²) in [5, 5.41) is 1.23. The Morgan fingerprint density at radius 1 is 1.25 bits per heavy atom. The minimum Gasteiger partial charge on any atom is -0.394 e. The van der Waals surface area contributed by atoms with E-state index >= 15 is 0 Å². The molecule has 0 saturated carbocycles. The van der Waals surface area contributed by atoms with Gasteiger partial charge in [0.15, 0.2) is 10.0 Å². The number of nitrogens with two attached hydrogens (primary N) is 1. The second kappa shape index (κ2) is 5.36. The first-order valence-corrected chi connectivity index (χ1v) is 8.04. The summed E-state index contributed by atoms with van der Waals surface area (Å²) in [6, 6.07) is 1.76. The molecule has 2 rings (SSSR count). The maximum Gasteiger partial charge on any atom is 0.273 e. The van der Waals surface area contributed by atoms with Crippen molar-refractivity contribution in [3.63, 3.8) is 0 Å². The minimum atomic E-state index is -4.14. The van der Waals surface area contributed by atoms with Crippen LogP contribution < -0.4 is 10.5 Å². The monoisotopic (exact) mass is 358 g/mol. The van der Waals surface area contributed by atoms with E-state index in [9.17, 15) is 17.2 Å². The molecule has 0 aliphatic rings. The Bertz CT molecular complexity index is 778. The molecule has 0 aliphatic carbocycles. The van der Waals surface area contributed by atoms with Gasteiger partial charge in [-0.1, -0.05) is 23.2 Å².